The van der Waals surface area contributed by atoms with Gasteiger partial charge in [0.25, 0.3) is 0 Å². The molecule has 0 spiro atoms. The Morgan fingerprint density at radius 3 is 2.80 bits per heavy atom. The second-order valence-corrected chi connectivity index (χ2v) is 4.41. The Hall–Kier alpha value is -2.14. The molecule has 4 nitrogen and oxygen atoms in total. The van der Waals surface area contributed by atoms with Crippen molar-refractivity contribution in [1.82, 2.24) is 4.98 Å². The van der Waals surface area contributed by atoms with Gasteiger partial charge in [0.2, 0.25) is 5.78 Å². The number of anilines is 1. The first-order chi connectivity index (χ1) is 9.56. The van der Waals surface area contributed by atoms with Crippen molar-refractivity contribution in [2.75, 3.05) is 19.5 Å². The number of carbonyl (C=O) groups excluding carboxylic acids is 1. The van der Waals surface area contributed by atoms with Crippen LogP contribution >= 0.6 is 11.6 Å². The molecule has 0 unspecified atom stereocenters. The molecule has 0 bridgehead atoms. The number of hydrogen-bond acceptors (Lipinski definition) is 4. The molecule has 0 amide bonds. The third-order valence-corrected chi connectivity index (χ3v) is 2.95. The zero-order chi connectivity index (χ0) is 14.7. The molecular formula is C14H12ClFN2O2. The van der Waals surface area contributed by atoms with E-state index in [1.165, 1.54) is 25.4 Å². The van der Waals surface area contributed by atoms with Crippen LogP contribution in [0.4, 0.5) is 10.1 Å². The van der Waals surface area contributed by atoms with Gasteiger partial charge in [0.05, 0.1) is 23.4 Å². The van der Waals surface area contributed by atoms with Gasteiger partial charge in [0, 0.05) is 19.3 Å². The topological polar surface area (TPSA) is 51.2 Å². The Bertz CT molecular complexity index is 606. The summed E-state index contributed by atoms with van der Waals surface area (Å²) in [6, 6.07) is 5.32. The van der Waals surface area contributed by atoms with Crippen LogP contribution in [0, 0.1) is 5.82 Å². The molecule has 0 fully saturated rings. The summed E-state index contributed by atoms with van der Waals surface area (Å²) in [4.78, 5) is 16.5. The van der Waals surface area contributed by atoms with Crippen molar-refractivity contribution in [3.63, 3.8) is 0 Å². The first-order valence-corrected chi connectivity index (χ1v) is 6.16. The predicted molar refractivity (Wildman–Crippen MR) is 75.2 cm³/mol. The van der Waals surface area contributed by atoms with Crippen molar-refractivity contribution < 1.29 is 13.9 Å². The summed E-state index contributed by atoms with van der Waals surface area (Å²) >= 11 is 5.84. The molecule has 0 aliphatic rings. The van der Waals surface area contributed by atoms with Crippen LogP contribution < -0.4 is 10.1 Å². The van der Waals surface area contributed by atoms with E-state index in [1.807, 2.05) is 0 Å². The lowest BCUT2D eigenvalue weighted by atomic mass is 10.1. The number of ether oxygens (including phenoxy) is 1. The summed E-state index contributed by atoms with van der Waals surface area (Å²) in [6.07, 6.45) is 1.38. The summed E-state index contributed by atoms with van der Waals surface area (Å²) in [5.41, 5.74) is 0.927. The molecule has 20 heavy (non-hydrogen) atoms. The Balaban J connectivity index is 2.51. The number of pyridine rings is 1. The number of nitrogens with one attached hydrogen (secondary N) is 1. The van der Waals surface area contributed by atoms with E-state index in [0.29, 0.717) is 10.7 Å². The number of carbonyl (C=O) groups is 1. The van der Waals surface area contributed by atoms with Crippen LogP contribution in [0.3, 0.4) is 0 Å². The van der Waals surface area contributed by atoms with Crippen molar-refractivity contribution in [2.24, 2.45) is 0 Å². The maximum absolute atomic E-state index is 13.2. The molecule has 0 atom stereocenters. The number of halogens is 2. The number of ketones is 1. The summed E-state index contributed by atoms with van der Waals surface area (Å²) in [7, 11) is 3.03. The summed E-state index contributed by atoms with van der Waals surface area (Å²) in [6.45, 7) is 0. The van der Waals surface area contributed by atoms with Gasteiger partial charge in [-0.3, -0.25) is 4.79 Å². The normalized spacial score (nSPS) is 10.2. The van der Waals surface area contributed by atoms with Gasteiger partial charge in [-0.1, -0.05) is 11.6 Å². The molecule has 0 saturated carbocycles. The molecule has 104 valence electrons. The number of rotatable bonds is 4. The van der Waals surface area contributed by atoms with E-state index in [1.54, 1.807) is 13.1 Å². The van der Waals surface area contributed by atoms with Gasteiger partial charge >= 0.3 is 0 Å². The third kappa shape index (κ3) is 2.72. The lowest BCUT2D eigenvalue weighted by molar-refractivity contribution is 0.103. The highest BCUT2D eigenvalue weighted by Crippen LogP contribution is 2.26. The van der Waals surface area contributed by atoms with Crippen LogP contribution in [0.15, 0.2) is 30.5 Å². The van der Waals surface area contributed by atoms with Gasteiger partial charge in [-0.05, 0) is 18.2 Å². The van der Waals surface area contributed by atoms with E-state index < -0.39 is 5.82 Å². The highest BCUT2D eigenvalue weighted by Gasteiger charge is 2.19. The van der Waals surface area contributed by atoms with Gasteiger partial charge < -0.3 is 10.1 Å². The van der Waals surface area contributed by atoms with E-state index in [-0.39, 0.29) is 22.8 Å². The van der Waals surface area contributed by atoms with Crippen LogP contribution in [0.2, 0.25) is 5.02 Å². The zero-order valence-corrected chi connectivity index (χ0v) is 11.7. The Kier molecular flexibility index (Phi) is 4.20. The van der Waals surface area contributed by atoms with E-state index in [0.717, 1.165) is 6.07 Å². The molecule has 6 heteroatoms. The van der Waals surface area contributed by atoms with Crippen LogP contribution in [0.1, 0.15) is 16.1 Å². The minimum Gasteiger partial charge on any atom is -0.496 e. The summed E-state index contributed by atoms with van der Waals surface area (Å²) in [5, 5.41) is 3.27. The molecular weight excluding hydrogens is 283 g/mol. The average Bonchev–Trinajstić information content (AvgIpc) is 2.46. The van der Waals surface area contributed by atoms with Gasteiger partial charge in [0.15, 0.2) is 0 Å². The first kappa shape index (κ1) is 14.3. The standard InChI is InChI=1S/C14H12ClFN2O2/c1-17-11-5-8(15)7-18-13(11)14(19)10-4-3-9(16)6-12(10)20-2/h3-7,17H,1-2H3. The highest BCUT2D eigenvalue weighted by atomic mass is 35.5. The number of nitrogens with zero attached hydrogens (tertiary/aromatic N) is 1. The molecule has 1 aromatic carbocycles. The van der Waals surface area contributed by atoms with E-state index in [9.17, 15) is 9.18 Å². The lowest BCUT2D eigenvalue weighted by Crippen LogP contribution is -2.09. The van der Waals surface area contributed by atoms with Gasteiger partial charge in [-0.2, -0.15) is 0 Å². The minimum atomic E-state index is -0.476. The zero-order valence-electron chi connectivity index (χ0n) is 10.9. The van der Waals surface area contributed by atoms with Crippen LogP contribution in [0.5, 0.6) is 5.75 Å². The molecule has 1 heterocycles. The van der Waals surface area contributed by atoms with Crippen LogP contribution in [-0.2, 0) is 0 Å². The molecule has 0 aliphatic heterocycles. The molecule has 2 aromatic rings. The first-order valence-electron chi connectivity index (χ1n) is 5.78. The smallest absolute Gasteiger partial charge is 0.217 e. The minimum absolute atomic E-state index is 0.161. The third-order valence-electron chi connectivity index (χ3n) is 2.75. The van der Waals surface area contributed by atoms with Crippen LogP contribution in [0.25, 0.3) is 0 Å². The molecule has 1 aromatic heterocycles. The molecule has 0 saturated heterocycles. The summed E-state index contributed by atoms with van der Waals surface area (Å²) < 4.78 is 18.2. The fourth-order valence-electron chi connectivity index (χ4n) is 1.79. The second kappa shape index (κ2) is 5.88. The summed E-state index contributed by atoms with van der Waals surface area (Å²) in [5.74, 6) is -0.687. The van der Waals surface area contributed by atoms with Crippen molar-refractivity contribution in [3.8, 4) is 5.75 Å². The molecule has 2 rings (SSSR count). The Morgan fingerprint density at radius 1 is 1.40 bits per heavy atom. The second-order valence-electron chi connectivity index (χ2n) is 3.97. The van der Waals surface area contributed by atoms with E-state index in [2.05, 4.69) is 10.3 Å². The number of aromatic nitrogens is 1. The largest absolute Gasteiger partial charge is 0.496 e. The maximum atomic E-state index is 13.2. The van der Waals surface area contributed by atoms with Gasteiger partial charge in [0.1, 0.15) is 17.3 Å². The SMILES string of the molecule is CNc1cc(Cl)cnc1C(=O)c1ccc(F)cc1OC. The predicted octanol–water partition coefficient (Wildman–Crippen LogP) is 3.16. The van der Waals surface area contributed by atoms with Gasteiger partial charge in [-0.15, -0.1) is 0 Å². The number of methoxy groups -OCH3 is 1. The van der Waals surface area contributed by atoms with Gasteiger partial charge in [-0.25, -0.2) is 9.37 Å². The number of benzene rings is 1. The average molecular weight is 295 g/mol. The van der Waals surface area contributed by atoms with Crippen LogP contribution in [-0.4, -0.2) is 24.9 Å². The highest BCUT2D eigenvalue weighted by molar-refractivity contribution is 6.31. The van der Waals surface area contributed by atoms with Crippen molar-refractivity contribution in [1.29, 1.82) is 0 Å². The fraction of sp³-hybridized carbons (Fsp3) is 0.143. The van der Waals surface area contributed by atoms with E-state index >= 15 is 0 Å². The quantitative estimate of drug-likeness (QED) is 0.880. The number of hydrogen-bond donors (Lipinski definition) is 1. The van der Waals surface area contributed by atoms with Crippen molar-refractivity contribution in [2.45, 2.75) is 0 Å². The van der Waals surface area contributed by atoms with Crippen molar-refractivity contribution >= 4 is 23.1 Å². The lowest BCUT2D eigenvalue weighted by Gasteiger charge is -2.10. The molecule has 1 N–H and O–H groups in total. The Labute approximate surface area is 120 Å². The van der Waals surface area contributed by atoms with Crippen molar-refractivity contribution in [3.05, 3.63) is 52.6 Å². The fourth-order valence-corrected chi connectivity index (χ4v) is 1.95. The monoisotopic (exact) mass is 294 g/mol. The van der Waals surface area contributed by atoms with E-state index in [4.69, 9.17) is 16.3 Å². The maximum Gasteiger partial charge on any atom is 0.217 e. The Morgan fingerprint density at radius 2 is 2.15 bits per heavy atom. The molecule has 0 radical (unpaired) electrons. The molecule has 0 aliphatic carbocycles.